The van der Waals surface area contributed by atoms with Gasteiger partial charge in [0.25, 0.3) is 0 Å². The van der Waals surface area contributed by atoms with E-state index in [1.54, 1.807) is 12.3 Å². The van der Waals surface area contributed by atoms with Gasteiger partial charge in [-0.3, -0.25) is 9.13 Å². The van der Waals surface area contributed by atoms with E-state index in [0.29, 0.717) is 0 Å². The lowest BCUT2D eigenvalue weighted by Crippen LogP contribution is -2.20. The molecule has 0 aliphatic carbocycles. The molecule has 8 nitrogen and oxygen atoms in total. The van der Waals surface area contributed by atoms with E-state index < -0.39 is 20.7 Å². The van der Waals surface area contributed by atoms with Gasteiger partial charge in [0.2, 0.25) is 5.52 Å². The molecule has 11 heteroatoms. The van der Waals surface area contributed by atoms with Crippen LogP contribution in [0.4, 0.5) is 5.82 Å². The molecule has 0 spiro atoms. The van der Waals surface area contributed by atoms with Crippen LogP contribution < -0.4 is 5.32 Å². The zero-order valence-corrected chi connectivity index (χ0v) is 11.8. The van der Waals surface area contributed by atoms with E-state index in [2.05, 4.69) is 10.3 Å². The summed E-state index contributed by atoms with van der Waals surface area (Å²) in [5.41, 5.74) is -2.30. The standard InChI is InChI=1S/C7H12N2O6P2S/c1-18-5-2-3-8-6(4-5)9-7(16(10,11)12)17(13,14)15/h2-4,7H,1H3,(H,8,9)(H2,10,11,12)(H2,13,14,15). The third-order valence-electron chi connectivity index (χ3n) is 1.88. The molecule has 0 amide bonds. The molecule has 0 atom stereocenters. The van der Waals surface area contributed by atoms with Crippen molar-refractivity contribution in [3.8, 4) is 0 Å². The minimum atomic E-state index is -5.01. The molecular formula is C7H12N2O6P2S. The van der Waals surface area contributed by atoms with Crippen LogP contribution in [0.15, 0.2) is 23.2 Å². The van der Waals surface area contributed by atoms with E-state index in [1.165, 1.54) is 24.0 Å². The summed E-state index contributed by atoms with van der Waals surface area (Å²) in [5, 5.41) is 2.08. The summed E-state index contributed by atoms with van der Waals surface area (Å²) in [5.74, 6) is -0.0153. The molecule has 0 unspecified atom stereocenters. The van der Waals surface area contributed by atoms with Crippen LogP contribution in [-0.4, -0.2) is 36.3 Å². The number of nitrogens with one attached hydrogen (secondary N) is 1. The lowest BCUT2D eigenvalue weighted by atomic mass is 10.5. The van der Waals surface area contributed by atoms with E-state index in [9.17, 15) is 9.13 Å². The lowest BCUT2D eigenvalue weighted by molar-refractivity contribution is 0.343. The van der Waals surface area contributed by atoms with Gasteiger partial charge in [-0.25, -0.2) is 4.98 Å². The van der Waals surface area contributed by atoms with E-state index in [4.69, 9.17) is 19.6 Å². The fourth-order valence-corrected chi connectivity index (χ4v) is 3.71. The summed E-state index contributed by atoms with van der Waals surface area (Å²) in [6, 6.07) is 3.09. The fraction of sp³-hybridized carbons (Fsp3) is 0.286. The smallest absolute Gasteiger partial charge is 0.346 e. The minimum absolute atomic E-state index is 0.0153. The molecule has 0 fully saturated rings. The molecule has 0 radical (unpaired) electrons. The molecule has 0 saturated carbocycles. The second-order valence-electron chi connectivity index (χ2n) is 3.28. The lowest BCUT2D eigenvalue weighted by Gasteiger charge is -2.21. The molecule has 1 aromatic rings. The van der Waals surface area contributed by atoms with Crippen LogP contribution in [0.1, 0.15) is 0 Å². The maximum absolute atomic E-state index is 11.0. The molecule has 0 saturated heterocycles. The first-order valence-corrected chi connectivity index (χ1v) is 9.10. The molecule has 0 aliphatic heterocycles. The number of hydrogen-bond acceptors (Lipinski definition) is 5. The summed E-state index contributed by atoms with van der Waals surface area (Å²) in [7, 11) is -10.0. The first-order chi connectivity index (χ1) is 8.14. The highest BCUT2D eigenvalue weighted by molar-refractivity contribution is 7.98. The van der Waals surface area contributed by atoms with E-state index in [0.717, 1.165) is 4.90 Å². The van der Waals surface area contributed by atoms with Crippen LogP contribution >= 0.6 is 27.0 Å². The first-order valence-electron chi connectivity index (χ1n) is 4.51. The molecule has 5 N–H and O–H groups in total. The van der Waals surface area contributed by atoms with Gasteiger partial charge in [-0.2, -0.15) is 0 Å². The third kappa shape index (κ3) is 4.37. The predicted molar refractivity (Wildman–Crippen MR) is 67.5 cm³/mol. The van der Waals surface area contributed by atoms with E-state index in [-0.39, 0.29) is 5.82 Å². The van der Waals surface area contributed by atoms with Crippen molar-refractivity contribution in [3.05, 3.63) is 18.3 Å². The van der Waals surface area contributed by atoms with Crippen molar-refractivity contribution in [1.82, 2.24) is 4.98 Å². The van der Waals surface area contributed by atoms with Gasteiger partial charge in [0.15, 0.2) is 0 Å². The van der Waals surface area contributed by atoms with Gasteiger partial charge in [0, 0.05) is 11.1 Å². The van der Waals surface area contributed by atoms with Crippen LogP contribution in [0.2, 0.25) is 0 Å². The van der Waals surface area contributed by atoms with Crippen molar-refractivity contribution in [3.63, 3.8) is 0 Å². The quantitative estimate of drug-likeness (QED) is 0.395. The van der Waals surface area contributed by atoms with Gasteiger partial charge in [-0.15, -0.1) is 11.8 Å². The van der Waals surface area contributed by atoms with Gasteiger partial charge in [-0.05, 0) is 18.4 Å². The zero-order chi connectivity index (χ0) is 14.0. The Balaban J connectivity index is 3.04. The summed E-state index contributed by atoms with van der Waals surface area (Å²) in [4.78, 5) is 40.2. The SMILES string of the molecule is CSc1ccnc(NC(P(=O)(O)O)P(=O)(O)O)c1. The average Bonchev–Trinajstić information content (AvgIpc) is 2.23. The Morgan fingerprint density at radius 2 is 1.83 bits per heavy atom. The van der Waals surface area contributed by atoms with Gasteiger partial charge in [0.05, 0.1) is 0 Å². The molecule has 1 rings (SSSR count). The molecule has 1 heterocycles. The Kier molecular flexibility index (Phi) is 4.97. The Bertz CT molecular complexity index is 492. The highest BCUT2D eigenvalue weighted by Crippen LogP contribution is 2.59. The monoisotopic (exact) mass is 314 g/mol. The maximum atomic E-state index is 11.0. The number of rotatable bonds is 5. The van der Waals surface area contributed by atoms with Gasteiger partial charge >= 0.3 is 15.2 Å². The van der Waals surface area contributed by atoms with Crippen molar-refractivity contribution in [1.29, 1.82) is 0 Å². The van der Waals surface area contributed by atoms with Gasteiger partial charge < -0.3 is 24.9 Å². The summed E-state index contributed by atoms with van der Waals surface area (Å²) in [6.07, 6.45) is 3.15. The Hall–Kier alpha value is -0.400. The second kappa shape index (κ2) is 5.71. The van der Waals surface area contributed by atoms with E-state index in [1.807, 2.05) is 0 Å². The van der Waals surface area contributed by atoms with Crippen LogP contribution in [0.5, 0.6) is 0 Å². The van der Waals surface area contributed by atoms with Crippen molar-refractivity contribution in [2.45, 2.75) is 10.4 Å². The molecule has 0 aliphatic rings. The zero-order valence-electron chi connectivity index (χ0n) is 9.16. The minimum Gasteiger partial charge on any atom is -0.346 e. The topological polar surface area (TPSA) is 140 Å². The normalized spacial score (nSPS) is 12.8. The Labute approximate surface area is 107 Å². The fourth-order valence-electron chi connectivity index (χ4n) is 1.11. The van der Waals surface area contributed by atoms with Crippen LogP contribution in [0.3, 0.4) is 0 Å². The highest BCUT2D eigenvalue weighted by Gasteiger charge is 2.43. The predicted octanol–water partition coefficient (Wildman–Crippen LogP) is 0.854. The molecule has 0 aromatic carbocycles. The van der Waals surface area contributed by atoms with Crippen LogP contribution in [0.25, 0.3) is 0 Å². The molecule has 102 valence electrons. The summed E-state index contributed by atoms with van der Waals surface area (Å²) >= 11 is 1.36. The number of nitrogens with zero attached hydrogens (tertiary/aromatic N) is 1. The maximum Gasteiger partial charge on any atom is 0.360 e. The second-order valence-corrected chi connectivity index (χ2v) is 7.95. The molecular weight excluding hydrogens is 302 g/mol. The number of anilines is 1. The summed E-state index contributed by atoms with van der Waals surface area (Å²) in [6.45, 7) is 0. The van der Waals surface area contributed by atoms with Gasteiger partial charge in [0.1, 0.15) is 5.82 Å². The van der Waals surface area contributed by atoms with Crippen LogP contribution in [0, 0.1) is 0 Å². The average molecular weight is 314 g/mol. The number of thioether (sulfide) groups is 1. The number of pyridine rings is 1. The summed E-state index contributed by atoms with van der Waals surface area (Å²) < 4.78 is 22.1. The highest BCUT2D eigenvalue weighted by atomic mass is 32.2. The van der Waals surface area contributed by atoms with E-state index >= 15 is 0 Å². The van der Waals surface area contributed by atoms with Crippen LogP contribution in [-0.2, 0) is 9.13 Å². The molecule has 18 heavy (non-hydrogen) atoms. The third-order valence-corrected chi connectivity index (χ3v) is 5.94. The number of hydrogen-bond donors (Lipinski definition) is 5. The van der Waals surface area contributed by atoms with Crippen molar-refractivity contribution in [2.24, 2.45) is 0 Å². The molecule has 1 aromatic heterocycles. The Morgan fingerprint density at radius 1 is 1.28 bits per heavy atom. The van der Waals surface area contributed by atoms with Crippen molar-refractivity contribution < 1.29 is 28.7 Å². The van der Waals surface area contributed by atoms with Gasteiger partial charge in [-0.1, -0.05) is 0 Å². The number of aromatic nitrogens is 1. The first kappa shape index (κ1) is 15.7. The van der Waals surface area contributed by atoms with Crippen molar-refractivity contribution >= 4 is 32.8 Å². The molecule has 0 bridgehead atoms. The van der Waals surface area contributed by atoms with Crippen molar-refractivity contribution in [2.75, 3.05) is 11.6 Å². The largest absolute Gasteiger partial charge is 0.360 e. The Morgan fingerprint density at radius 3 is 2.28 bits per heavy atom.